The van der Waals surface area contributed by atoms with E-state index in [1.807, 2.05) is 13.8 Å². The number of nitrogens with one attached hydrogen (secondary N) is 1. The zero-order valence-electron chi connectivity index (χ0n) is 9.37. The summed E-state index contributed by atoms with van der Waals surface area (Å²) in [7, 11) is 0. The smallest absolute Gasteiger partial charge is 0.338 e. The lowest BCUT2D eigenvalue weighted by atomic mass is 10.2. The van der Waals surface area contributed by atoms with E-state index in [2.05, 4.69) is 5.32 Å². The van der Waals surface area contributed by atoms with Crippen molar-refractivity contribution < 1.29 is 14.7 Å². The highest BCUT2D eigenvalue weighted by Gasteiger charge is 2.15. The zero-order valence-corrected chi connectivity index (χ0v) is 10.2. The van der Waals surface area contributed by atoms with Crippen LogP contribution in [0, 0.1) is 6.92 Å². The molecule has 4 nitrogen and oxygen atoms in total. The van der Waals surface area contributed by atoms with Gasteiger partial charge >= 0.3 is 5.97 Å². The second-order valence-electron chi connectivity index (χ2n) is 3.56. The largest absolute Gasteiger partial charge is 0.478 e. The number of unbranched alkanes of at least 4 members (excludes halogenated alkanes) is 1. The molecule has 0 spiro atoms. The Morgan fingerprint density at radius 1 is 1.50 bits per heavy atom. The minimum Gasteiger partial charge on any atom is -0.478 e. The first-order valence-corrected chi connectivity index (χ1v) is 5.99. The zero-order chi connectivity index (χ0) is 12.1. The molecular weight excluding hydrogens is 226 g/mol. The molecule has 1 rings (SSSR count). The van der Waals surface area contributed by atoms with Crippen LogP contribution in [0.3, 0.4) is 0 Å². The Kier molecular flexibility index (Phi) is 4.49. The van der Waals surface area contributed by atoms with Crippen LogP contribution < -0.4 is 5.32 Å². The van der Waals surface area contributed by atoms with E-state index in [0.717, 1.165) is 17.7 Å². The van der Waals surface area contributed by atoms with Gasteiger partial charge in [-0.1, -0.05) is 13.3 Å². The predicted octanol–water partition coefficient (Wildman–Crippen LogP) is 2.88. The lowest BCUT2D eigenvalue weighted by Crippen LogP contribution is -2.12. The molecule has 0 saturated carbocycles. The van der Waals surface area contributed by atoms with Crippen LogP contribution in [0.15, 0.2) is 6.07 Å². The molecule has 1 aromatic rings. The number of amides is 1. The number of aryl methyl sites for hydroxylation is 1. The molecule has 0 atom stereocenters. The van der Waals surface area contributed by atoms with Crippen LogP contribution in [0.1, 0.15) is 41.4 Å². The summed E-state index contributed by atoms with van der Waals surface area (Å²) in [5, 5.41) is 12.0. The monoisotopic (exact) mass is 241 g/mol. The summed E-state index contributed by atoms with van der Waals surface area (Å²) in [6.07, 6.45) is 2.20. The molecule has 0 radical (unpaired) electrons. The third-order valence-electron chi connectivity index (χ3n) is 2.10. The lowest BCUT2D eigenvalue weighted by molar-refractivity contribution is -0.116. The van der Waals surface area contributed by atoms with Gasteiger partial charge in [-0.25, -0.2) is 4.79 Å². The molecule has 0 unspecified atom stereocenters. The van der Waals surface area contributed by atoms with Crippen molar-refractivity contribution in [1.29, 1.82) is 0 Å². The first-order valence-electron chi connectivity index (χ1n) is 5.18. The molecule has 0 saturated heterocycles. The first-order chi connectivity index (χ1) is 7.54. The second-order valence-corrected chi connectivity index (χ2v) is 4.81. The summed E-state index contributed by atoms with van der Waals surface area (Å²) in [4.78, 5) is 23.2. The van der Waals surface area contributed by atoms with Gasteiger partial charge in [-0.05, 0) is 19.4 Å². The summed E-state index contributed by atoms with van der Waals surface area (Å²) >= 11 is 1.29. The van der Waals surface area contributed by atoms with E-state index in [1.54, 1.807) is 6.07 Å². The number of hydrogen-bond acceptors (Lipinski definition) is 3. The van der Waals surface area contributed by atoms with Crippen molar-refractivity contribution >= 4 is 28.2 Å². The van der Waals surface area contributed by atoms with E-state index in [9.17, 15) is 9.59 Å². The van der Waals surface area contributed by atoms with Gasteiger partial charge in [0.05, 0.1) is 5.56 Å². The van der Waals surface area contributed by atoms with Crippen molar-refractivity contribution in [1.82, 2.24) is 0 Å². The SMILES string of the molecule is CCCCC(=O)Nc1sc(C)cc1C(=O)O. The molecule has 1 aromatic heterocycles. The van der Waals surface area contributed by atoms with Crippen molar-refractivity contribution in [3.05, 3.63) is 16.5 Å². The minimum atomic E-state index is -1.00. The van der Waals surface area contributed by atoms with Gasteiger partial charge in [0.2, 0.25) is 5.91 Å². The van der Waals surface area contributed by atoms with Gasteiger partial charge < -0.3 is 10.4 Å². The summed E-state index contributed by atoms with van der Waals surface area (Å²) in [5.74, 6) is -1.12. The highest BCUT2D eigenvalue weighted by atomic mass is 32.1. The molecule has 0 aliphatic carbocycles. The van der Waals surface area contributed by atoms with E-state index in [1.165, 1.54) is 11.3 Å². The maximum Gasteiger partial charge on any atom is 0.338 e. The van der Waals surface area contributed by atoms with E-state index in [0.29, 0.717) is 11.4 Å². The first kappa shape index (κ1) is 12.7. The van der Waals surface area contributed by atoms with Gasteiger partial charge in [0.25, 0.3) is 0 Å². The van der Waals surface area contributed by atoms with Gasteiger partial charge in [0, 0.05) is 11.3 Å². The molecule has 0 aliphatic rings. The fourth-order valence-electron chi connectivity index (χ4n) is 1.29. The van der Waals surface area contributed by atoms with Crippen LogP contribution in [0.4, 0.5) is 5.00 Å². The molecule has 5 heteroatoms. The van der Waals surface area contributed by atoms with Crippen molar-refractivity contribution in [2.24, 2.45) is 0 Å². The Bertz CT molecular complexity index is 398. The third-order valence-corrected chi connectivity index (χ3v) is 3.06. The maximum absolute atomic E-state index is 11.5. The predicted molar refractivity (Wildman–Crippen MR) is 64.2 cm³/mol. The number of hydrogen-bond donors (Lipinski definition) is 2. The third kappa shape index (κ3) is 3.34. The summed E-state index contributed by atoms with van der Waals surface area (Å²) in [5.41, 5.74) is 0.173. The van der Waals surface area contributed by atoms with Crippen molar-refractivity contribution in [2.75, 3.05) is 5.32 Å². The second kappa shape index (κ2) is 5.65. The van der Waals surface area contributed by atoms with Gasteiger partial charge in [0.1, 0.15) is 5.00 Å². The van der Waals surface area contributed by atoms with Crippen molar-refractivity contribution in [2.45, 2.75) is 33.1 Å². The molecule has 88 valence electrons. The van der Waals surface area contributed by atoms with Gasteiger partial charge in [-0.15, -0.1) is 11.3 Å². The summed E-state index contributed by atoms with van der Waals surface area (Å²) in [6, 6.07) is 1.57. The Balaban J connectivity index is 2.72. The Morgan fingerprint density at radius 3 is 2.75 bits per heavy atom. The molecule has 0 fully saturated rings. The summed E-state index contributed by atoms with van der Waals surface area (Å²) < 4.78 is 0. The Morgan fingerprint density at radius 2 is 2.19 bits per heavy atom. The normalized spacial score (nSPS) is 10.1. The molecule has 2 N–H and O–H groups in total. The highest BCUT2D eigenvalue weighted by Crippen LogP contribution is 2.27. The molecule has 0 aliphatic heterocycles. The quantitative estimate of drug-likeness (QED) is 0.833. The molecule has 16 heavy (non-hydrogen) atoms. The van der Waals surface area contributed by atoms with Gasteiger partial charge in [-0.3, -0.25) is 4.79 Å². The van der Waals surface area contributed by atoms with E-state index >= 15 is 0 Å². The van der Waals surface area contributed by atoms with Crippen LogP contribution in [-0.2, 0) is 4.79 Å². The van der Waals surface area contributed by atoms with Crippen LogP contribution >= 0.6 is 11.3 Å². The van der Waals surface area contributed by atoms with Gasteiger partial charge in [-0.2, -0.15) is 0 Å². The van der Waals surface area contributed by atoms with Crippen LogP contribution in [0.25, 0.3) is 0 Å². The van der Waals surface area contributed by atoms with Crippen LogP contribution in [0.2, 0.25) is 0 Å². The molecule has 1 amide bonds. The lowest BCUT2D eigenvalue weighted by Gasteiger charge is -2.02. The fourth-order valence-corrected chi connectivity index (χ4v) is 2.21. The Labute approximate surface area is 98.3 Å². The van der Waals surface area contributed by atoms with Crippen molar-refractivity contribution in [3.8, 4) is 0 Å². The number of anilines is 1. The number of carbonyl (C=O) groups excluding carboxylic acids is 1. The summed E-state index contributed by atoms with van der Waals surface area (Å²) in [6.45, 7) is 3.82. The van der Waals surface area contributed by atoms with E-state index < -0.39 is 5.97 Å². The average molecular weight is 241 g/mol. The minimum absolute atomic E-state index is 0.119. The number of aromatic carboxylic acids is 1. The van der Waals surface area contributed by atoms with Gasteiger partial charge in [0.15, 0.2) is 0 Å². The number of carbonyl (C=O) groups is 2. The standard InChI is InChI=1S/C11H15NO3S/c1-3-4-5-9(13)12-10-8(11(14)15)6-7(2)16-10/h6H,3-5H2,1-2H3,(H,12,13)(H,14,15). The maximum atomic E-state index is 11.5. The van der Waals surface area contributed by atoms with Crippen LogP contribution in [-0.4, -0.2) is 17.0 Å². The van der Waals surface area contributed by atoms with Crippen LogP contribution in [0.5, 0.6) is 0 Å². The molecule has 0 bridgehead atoms. The van der Waals surface area contributed by atoms with E-state index in [4.69, 9.17) is 5.11 Å². The average Bonchev–Trinajstić information content (AvgIpc) is 2.56. The number of rotatable bonds is 5. The topological polar surface area (TPSA) is 66.4 Å². The van der Waals surface area contributed by atoms with E-state index in [-0.39, 0.29) is 11.5 Å². The number of thiophene rings is 1. The number of carboxylic acid groups (broad SMARTS) is 1. The fraction of sp³-hybridized carbons (Fsp3) is 0.455. The molecular formula is C11H15NO3S. The highest BCUT2D eigenvalue weighted by molar-refractivity contribution is 7.16. The Hall–Kier alpha value is -1.36. The molecule has 1 heterocycles. The number of carboxylic acids is 1. The molecule has 0 aromatic carbocycles. The van der Waals surface area contributed by atoms with Crippen molar-refractivity contribution in [3.63, 3.8) is 0 Å².